The lowest BCUT2D eigenvalue weighted by atomic mass is 9.79. The van der Waals surface area contributed by atoms with Crippen molar-refractivity contribution in [2.24, 2.45) is 0 Å². The number of nitrogens with one attached hydrogen (secondary N) is 2. The second-order valence-electron chi connectivity index (χ2n) is 6.34. The van der Waals surface area contributed by atoms with Crippen LogP contribution < -0.4 is 15.5 Å². The third-order valence-corrected chi connectivity index (χ3v) is 5.72. The van der Waals surface area contributed by atoms with Crippen molar-refractivity contribution in [3.8, 4) is 0 Å². The molecule has 22 heavy (non-hydrogen) atoms. The molecule has 1 fully saturated rings. The van der Waals surface area contributed by atoms with E-state index >= 15 is 0 Å². The number of rotatable bonds is 4. The van der Waals surface area contributed by atoms with Crippen molar-refractivity contribution in [3.63, 3.8) is 0 Å². The van der Waals surface area contributed by atoms with Gasteiger partial charge in [0.15, 0.2) is 0 Å². The molecule has 0 atom stereocenters. The van der Waals surface area contributed by atoms with E-state index in [1.54, 1.807) is 19.2 Å². The van der Waals surface area contributed by atoms with Crippen molar-refractivity contribution < 1.29 is 17.7 Å². The van der Waals surface area contributed by atoms with E-state index in [1.807, 2.05) is 33.8 Å². The van der Waals surface area contributed by atoms with Crippen molar-refractivity contribution in [1.82, 2.24) is 4.72 Å². The number of sulfonamides is 1. The molecule has 2 rings (SSSR count). The number of hydrogen-bond donors (Lipinski definition) is 2. The van der Waals surface area contributed by atoms with E-state index in [0.717, 1.165) is 0 Å². The van der Waals surface area contributed by atoms with Crippen LogP contribution in [0.25, 0.3) is 0 Å². The summed E-state index contributed by atoms with van der Waals surface area (Å²) in [6.45, 7) is 7.83. The summed E-state index contributed by atoms with van der Waals surface area (Å²) in [5.41, 5.74) is 0.394. The Balaban J connectivity index is 2.47. The first-order valence-electron chi connectivity index (χ1n) is 7.14. The van der Waals surface area contributed by atoms with Crippen LogP contribution in [0.2, 0.25) is 0 Å². The summed E-state index contributed by atoms with van der Waals surface area (Å²) in [6, 6.07) is 4.98. The molecule has 0 spiro atoms. The zero-order valence-corrected chi connectivity index (χ0v) is 14.7. The standard InChI is InChI=1S/C14H23BN2O4S/c1-13(2)14(3,4)21-15(20-13)10-7-11(16-5)9-12(8-10)22(18,19)17-6/h7-9,16-17H,1-6H3. The summed E-state index contributed by atoms with van der Waals surface area (Å²) in [4.78, 5) is 0.173. The fourth-order valence-electron chi connectivity index (χ4n) is 2.15. The smallest absolute Gasteiger partial charge is 0.399 e. The lowest BCUT2D eigenvalue weighted by Gasteiger charge is -2.32. The molecule has 0 amide bonds. The van der Waals surface area contributed by atoms with Crippen molar-refractivity contribution in [2.75, 3.05) is 19.4 Å². The second-order valence-corrected chi connectivity index (χ2v) is 8.22. The maximum Gasteiger partial charge on any atom is 0.494 e. The van der Waals surface area contributed by atoms with E-state index in [0.29, 0.717) is 11.2 Å². The first kappa shape index (κ1) is 17.3. The fraction of sp³-hybridized carbons (Fsp3) is 0.571. The minimum Gasteiger partial charge on any atom is -0.399 e. The third kappa shape index (κ3) is 3.01. The van der Waals surface area contributed by atoms with Crippen LogP contribution in [-0.4, -0.2) is 40.8 Å². The molecule has 1 aromatic rings. The maximum atomic E-state index is 12.1. The highest BCUT2D eigenvalue weighted by molar-refractivity contribution is 7.89. The molecular weight excluding hydrogens is 303 g/mol. The molecule has 1 aromatic carbocycles. The molecule has 0 unspecified atom stereocenters. The Labute approximate surface area is 132 Å². The molecule has 0 aromatic heterocycles. The Morgan fingerprint density at radius 1 is 1.00 bits per heavy atom. The fourth-order valence-corrected chi connectivity index (χ4v) is 2.96. The second kappa shape index (κ2) is 5.52. The Bertz CT molecular complexity index is 657. The SMILES string of the molecule is CNc1cc(B2OC(C)(C)C(C)(C)O2)cc(S(=O)(=O)NC)c1. The number of anilines is 1. The summed E-state index contributed by atoms with van der Waals surface area (Å²) < 4.78 is 38.4. The Kier molecular flexibility index (Phi) is 4.34. The summed E-state index contributed by atoms with van der Waals surface area (Å²) in [6.07, 6.45) is 0. The maximum absolute atomic E-state index is 12.1. The van der Waals surface area contributed by atoms with Gasteiger partial charge in [0.1, 0.15) is 0 Å². The molecule has 1 heterocycles. The summed E-state index contributed by atoms with van der Waals surface area (Å²) in [5.74, 6) is 0. The van der Waals surface area contributed by atoms with Crippen molar-refractivity contribution in [1.29, 1.82) is 0 Å². The van der Waals surface area contributed by atoms with Crippen LogP contribution in [0.15, 0.2) is 23.1 Å². The zero-order valence-electron chi connectivity index (χ0n) is 13.9. The van der Waals surface area contributed by atoms with E-state index in [4.69, 9.17) is 9.31 Å². The van der Waals surface area contributed by atoms with Gasteiger partial charge in [0.25, 0.3) is 0 Å². The van der Waals surface area contributed by atoms with Gasteiger partial charge in [0.2, 0.25) is 10.0 Å². The van der Waals surface area contributed by atoms with Gasteiger partial charge in [0, 0.05) is 12.7 Å². The van der Waals surface area contributed by atoms with Crippen LogP contribution in [0.5, 0.6) is 0 Å². The van der Waals surface area contributed by atoms with E-state index in [-0.39, 0.29) is 4.90 Å². The lowest BCUT2D eigenvalue weighted by molar-refractivity contribution is 0.00578. The van der Waals surface area contributed by atoms with Crippen LogP contribution in [0.3, 0.4) is 0 Å². The monoisotopic (exact) mass is 326 g/mol. The van der Waals surface area contributed by atoms with Gasteiger partial charge in [-0.3, -0.25) is 0 Å². The first-order valence-corrected chi connectivity index (χ1v) is 8.63. The molecule has 0 aliphatic carbocycles. The predicted octanol–water partition coefficient (Wildman–Crippen LogP) is 0.936. The van der Waals surface area contributed by atoms with Crippen LogP contribution in [0, 0.1) is 0 Å². The van der Waals surface area contributed by atoms with Gasteiger partial charge in [-0.1, -0.05) is 0 Å². The molecule has 0 bridgehead atoms. The quantitative estimate of drug-likeness (QED) is 0.805. The lowest BCUT2D eigenvalue weighted by Crippen LogP contribution is -2.41. The molecular formula is C14H23BN2O4S. The molecule has 2 N–H and O–H groups in total. The van der Waals surface area contributed by atoms with Gasteiger partial charge in [-0.15, -0.1) is 0 Å². The van der Waals surface area contributed by atoms with Gasteiger partial charge < -0.3 is 14.6 Å². The van der Waals surface area contributed by atoms with E-state index in [9.17, 15) is 8.42 Å². The van der Waals surface area contributed by atoms with Gasteiger partial charge in [-0.2, -0.15) is 0 Å². The summed E-state index contributed by atoms with van der Waals surface area (Å²) >= 11 is 0. The van der Waals surface area contributed by atoms with Gasteiger partial charge in [0.05, 0.1) is 16.1 Å². The predicted molar refractivity (Wildman–Crippen MR) is 88.0 cm³/mol. The van der Waals surface area contributed by atoms with E-state index in [2.05, 4.69) is 10.0 Å². The van der Waals surface area contributed by atoms with Gasteiger partial charge in [-0.25, -0.2) is 13.1 Å². The van der Waals surface area contributed by atoms with E-state index < -0.39 is 28.3 Å². The van der Waals surface area contributed by atoms with E-state index in [1.165, 1.54) is 7.05 Å². The van der Waals surface area contributed by atoms with Crippen LogP contribution in [-0.2, 0) is 19.3 Å². The largest absolute Gasteiger partial charge is 0.494 e. The summed E-state index contributed by atoms with van der Waals surface area (Å²) in [5, 5.41) is 2.97. The third-order valence-electron chi connectivity index (χ3n) is 4.32. The van der Waals surface area contributed by atoms with Crippen molar-refractivity contribution in [3.05, 3.63) is 18.2 Å². The average molecular weight is 326 g/mol. The molecule has 0 radical (unpaired) electrons. The molecule has 1 aliphatic heterocycles. The van der Waals surface area contributed by atoms with Crippen molar-refractivity contribution >= 4 is 28.3 Å². The molecule has 6 nitrogen and oxygen atoms in total. The molecule has 0 saturated carbocycles. The highest BCUT2D eigenvalue weighted by Crippen LogP contribution is 2.36. The van der Waals surface area contributed by atoms with Crippen LogP contribution >= 0.6 is 0 Å². The van der Waals surface area contributed by atoms with Crippen LogP contribution in [0.1, 0.15) is 27.7 Å². The normalized spacial score (nSPS) is 20.2. The topological polar surface area (TPSA) is 76.7 Å². The average Bonchev–Trinajstić information content (AvgIpc) is 2.67. The van der Waals surface area contributed by atoms with Gasteiger partial charge >= 0.3 is 7.12 Å². The molecule has 122 valence electrons. The first-order chi connectivity index (χ1) is 10.0. The number of benzene rings is 1. The minimum atomic E-state index is -3.54. The highest BCUT2D eigenvalue weighted by atomic mass is 32.2. The van der Waals surface area contributed by atoms with Crippen molar-refractivity contribution in [2.45, 2.75) is 43.8 Å². The molecule has 1 aliphatic rings. The Morgan fingerprint density at radius 3 is 2.00 bits per heavy atom. The molecule has 8 heteroatoms. The zero-order chi connectivity index (χ0) is 16.8. The van der Waals surface area contributed by atoms with Crippen LogP contribution in [0.4, 0.5) is 5.69 Å². The Morgan fingerprint density at radius 2 is 1.55 bits per heavy atom. The number of hydrogen-bond acceptors (Lipinski definition) is 5. The highest BCUT2D eigenvalue weighted by Gasteiger charge is 2.51. The molecule has 1 saturated heterocycles. The Hall–Kier alpha value is -1.09. The minimum absolute atomic E-state index is 0.173. The summed E-state index contributed by atoms with van der Waals surface area (Å²) in [7, 11) is -1.03. The van der Waals surface area contributed by atoms with Gasteiger partial charge in [-0.05, 0) is 58.4 Å².